The fraction of sp³-hybridized carbons (Fsp3) is 0.355. The van der Waals surface area contributed by atoms with Crippen LogP contribution >= 0.6 is 23.2 Å². The van der Waals surface area contributed by atoms with Crippen LogP contribution in [-0.2, 0) is 26.2 Å². The average Bonchev–Trinajstić information content (AvgIpc) is 2.98. The number of nitrogens with zero attached hydrogens (tertiary/aromatic N) is 2. The van der Waals surface area contributed by atoms with Gasteiger partial charge in [0, 0.05) is 28.7 Å². The lowest BCUT2D eigenvalue weighted by atomic mass is 10.1. The van der Waals surface area contributed by atoms with Crippen molar-refractivity contribution in [1.82, 2.24) is 10.2 Å². The summed E-state index contributed by atoms with van der Waals surface area (Å²) in [5.41, 5.74) is 1.50. The van der Waals surface area contributed by atoms with E-state index in [9.17, 15) is 18.0 Å². The molecule has 0 spiro atoms. The van der Waals surface area contributed by atoms with Crippen LogP contribution < -0.4 is 19.1 Å². The molecule has 232 valence electrons. The van der Waals surface area contributed by atoms with E-state index in [1.165, 1.54) is 37.3 Å². The third-order valence-corrected chi connectivity index (χ3v) is 9.43. The number of sulfonamides is 1. The molecule has 0 fully saturated rings. The molecule has 0 aliphatic rings. The highest BCUT2D eigenvalue weighted by molar-refractivity contribution is 7.92. The number of amides is 2. The van der Waals surface area contributed by atoms with Gasteiger partial charge in [-0.15, -0.1) is 0 Å². The molecule has 2 amide bonds. The van der Waals surface area contributed by atoms with Crippen LogP contribution in [0, 0.1) is 6.92 Å². The summed E-state index contributed by atoms with van der Waals surface area (Å²) in [6.07, 6.45) is 0.688. The molecule has 0 aliphatic heterocycles. The number of carbonyl (C=O) groups is 2. The van der Waals surface area contributed by atoms with Crippen LogP contribution in [0.25, 0.3) is 0 Å². The number of ether oxygens (including phenoxy) is 2. The molecular formula is C31H37Cl2N3O6S. The second-order valence-electron chi connectivity index (χ2n) is 10.1. The number of anilines is 1. The highest BCUT2D eigenvalue weighted by Gasteiger charge is 2.34. The Balaban J connectivity index is 2.14. The molecule has 3 aromatic carbocycles. The summed E-state index contributed by atoms with van der Waals surface area (Å²) >= 11 is 12.5. The monoisotopic (exact) mass is 649 g/mol. The molecule has 0 heterocycles. The minimum atomic E-state index is -4.31. The van der Waals surface area contributed by atoms with Gasteiger partial charge in [0.05, 0.1) is 24.8 Å². The van der Waals surface area contributed by atoms with Crippen LogP contribution in [0.5, 0.6) is 11.5 Å². The fourth-order valence-corrected chi connectivity index (χ4v) is 6.11. The van der Waals surface area contributed by atoms with Crippen LogP contribution in [0.3, 0.4) is 0 Å². The second-order valence-corrected chi connectivity index (χ2v) is 12.8. The number of halogens is 2. The topological polar surface area (TPSA) is 105 Å². The molecule has 0 aliphatic carbocycles. The summed E-state index contributed by atoms with van der Waals surface area (Å²) < 4.78 is 40.1. The van der Waals surface area contributed by atoms with Crippen molar-refractivity contribution in [3.63, 3.8) is 0 Å². The summed E-state index contributed by atoms with van der Waals surface area (Å²) in [6.45, 7) is 6.50. The van der Waals surface area contributed by atoms with Crippen molar-refractivity contribution in [2.45, 2.75) is 57.6 Å². The van der Waals surface area contributed by atoms with Gasteiger partial charge in [-0.1, -0.05) is 53.9 Å². The Morgan fingerprint density at radius 3 is 2.21 bits per heavy atom. The second kappa shape index (κ2) is 14.8. The molecule has 0 saturated carbocycles. The summed E-state index contributed by atoms with van der Waals surface area (Å²) in [7, 11) is -1.45. The number of aryl methyl sites for hydroxylation is 1. The molecule has 12 heteroatoms. The normalized spacial score (nSPS) is 12.7. The number of hydrogen-bond acceptors (Lipinski definition) is 6. The predicted molar refractivity (Wildman–Crippen MR) is 170 cm³/mol. The molecule has 1 N–H and O–H groups in total. The maximum absolute atomic E-state index is 14.2. The molecule has 0 bridgehead atoms. The first-order valence-electron chi connectivity index (χ1n) is 13.7. The predicted octanol–water partition coefficient (Wildman–Crippen LogP) is 5.85. The fourth-order valence-electron chi connectivity index (χ4n) is 4.22. The average molecular weight is 651 g/mol. The van der Waals surface area contributed by atoms with Gasteiger partial charge in [0.15, 0.2) is 0 Å². The number of methoxy groups -OCH3 is 2. The van der Waals surface area contributed by atoms with Crippen molar-refractivity contribution in [1.29, 1.82) is 0 Å². The Kier molecular flexibility index (Phi) is 11.7. The number of rotatable bonds is 13. The van der Waals surface area contributed by atoms with Crippen molar-refractivity contribution in [2.75, 3.05) is 25.1 Å². The van der Waals surface area contributed by atoms with E-state index in [2.05, 4.69) is 5.32 Å². The summed E-state index contributed by atoms with van der Waals surface area (Å²) in [5.74, 6) is -0.462. The van der Waals surface area contributed by atoms with E-state index in [-0.39, 0.29) is 34.8 Å². The first-order valence-corrected chi connectivity index (χ1v) is 15.9. The van der Waals surface area contributed by atoms with Gasteiger partial charge in [-0.2, -0.15) is 0 Å². The zero-order valence-corrected chi connectivity index (χ0v) is 27.4. The number of benzene rings is 3. The van der Waals surface area contributed by atoms with E-state index < -0.39 is 28.5 Å². The Morgan fingerprint density at radius 2 is 1.63 bits per heavy atom. The Hall–Kier alpha value is -3.47. The maximum atomic E-state index is 14.2. The molecular weight excluding hydrogens is 613 g/mol. The first-order chi connectivity index (χ1) is 20.3. The van der Waals surface area contributed by atoms with Gasteiger partial charge in [0.2, 0.25) is 11.8 Å². The highest BCUT2D eigenvalue weighted by atomic mass is 35.5. The summed E-state index contributed by atoms with van der Waals surface area (Å²) in [5, 5.41) is 3.61. The van der Waals surface area contributed by atoms with Gasteiger partial charge in [-0.3, -0.25) is 13.9 Å². The van der Waals surface area contributed by atoms with Crippen LogP contribution in [-0.4, -0.2) is 58.0 Å². The lowest BCUT2D eigenvalue weighted by Gasteiger charge is -2.33. The van der Waals surface area contributed by atoms with Crippen molar-refractivity contribution in [3.05, 3.63) is 81.8 Å². The standard InChI is InChI=1S/C31H37Cl2N3O6S/c1-7-21(3)34-31(38)22(4)35(18-23-10-11-24(32)16-27(23)33)30(37)19-36(28-17-25(41-5)12-15-29(28)42-6)43(39,40)26-13-8-20(2)9-14-26/h8-17,21-22H,7,18-19H2,1-6H3,(H,34,38)/t21-,22+/m1/s1. The van der Waals surface area contributed by atoms with E-state index in [0.29, 0.717) is 27.8 Å². The molecule has 3 rings (SSSR count). The lowest BCUT2D eigenvalue weighted by Crippen LogP contribution is -2.52. The maximum Gasteiger partial charge on any atom is 0.264 e. The Labute approximate surface area is 263 Å². The van der Waals surface area contributed by atoms with Crippen LogP contribution in [0.2, 0.25) is 10.0 Å². The van der Waals surface area contributed by atoms with Crippen molar-refractivity contribution >= 4 is 50.7 Å². The highest BCUT2D eigenvalue weighted by Crippen LogP contribution is 2.36. The largest absolute Gasteiger partial charge is 0.497 e. The minimum Gasteiger partial charge on any atom is -0.497 e. The van der Waals surface area contributed by atoms with Gasteiger partial charge in [-0.05, 0) is 69.2 Å². The van der Waals surface area contributed by atoms with Gasteiger partial charge in [0.1, 0.15) is 24.1 Å². The molecule has 0 saturated heterocycles. The molecule has 43 heavy (non-hydrogen) atoms. The Morgan fingerprint density at radius 1 is 0.953 bits per heavy atom. The lowest BCUT2D eigenvalue weighted by molar-refractivity contribution is -0.139. The number of nitrogens with one attached hydrogen (secondary N) is 1. The third-order valence-electron chi connectivity index (χ3n) is 7.07. The number of hydrogen-bond donors (Lipinski definition) is 1. The van der Waals surface area contributed by atoms with Gasteiger partial charge in [-0.25, -0.2) is 8.42 Å². The zero-order chi connectivity index (χ0) is 31.9. The molecule has 2 atom stereocenters. The van der Waals surface area contributed by atoms with Crippen molar-refractivity contribution in [3.8, 4) is 11.5 Å². The summed E-state index contributed by atoms with van der Waals surface area (Å²) in [6, 6.07) is 14.7. The van der Waals surface area contributed by atoms with Crippen LogP contribution in [0.4, 0.5) is 5.69 Å². The van der Waals surface area contributed by atoms with Crippen LogP contribution in [0.1, 0.15) is 38.3 Å². The molecule has 9 nitrogen and oxygen atoms in total. The first kappa shape index (κ1) is 34.0. The molecule has 3 aromatic rings. The van der Waals surface area contributed by atoms with Crippen molar-refractivity contribution < 1.29 is 27.5 Å². The number of carbonyl (C=O) groups excluding carboxylic acids is 2. The molecule has 0 unspecified atom stereocenters. The zero-order valence-electron chi connectivity index (χ0n) is 25.1. The van der Waals surface area contributed by atoms with E-state index >= 15 is 0 Å². The van der Waals surface area contributed by atoms with E-state index in [4.69, 9.17) is 32.7 Å². The van der Waals surface area contributed by atoms with E-state index in [1.54, 1.807) is 49.4 Å². The molecule has 0 aromatic heterocycles. The molecule has 0 radical (unpaired) electrons. The van der Waals surface area contributed by atoms with E-state index in [0.717, 1.165) is 9.87 Å². The van der Waals surface area contributed by atoms with E-state index in [1.807, 2.05) is 20.8 Å². The Bertz CT molecular complexity index is 1550. The van der Waals surface area contributed by atoms with Gasteiger partial charge >= 0.3 is 0 Å². The van der Waals surface area contributed by atoms with Crippen molar-refractivity contribution in [2.24, 2.45) is 0 Å². The SMILES string of the molecule is CC[C@@H](C)NC(=O)[C@H](C)N(Cc1ccc(Cl)cc1Cl)C(=O)CN(c1cc(OC)ccc1OC)S(=O)(=O)c1ccc(C)cc1. The third kappa shape index (κ3) is 8.34. The quantitative estimate of drug-likeness (QED) is 0.249. The minimum absolute atomic E-state index is 0.0226. The van der Waals surface area contributed by atoms with Gasteiger partial charge in [0.25, 0.3) is 10.0 Å². The summed E-state index contributed by atoms with van der Waals surface area (Å²) in [4.78, 5) is 28.7. The van der Waals surface area contributed by atoms with Crippen LogP contribution in [0.15, 0.2) is 65.6 Å². The smallest absolute Gasteiger partial charge is 0.264 e. The van der Waals surface area contributed by atoms with Gasteiger partial charge < -0.3 is 19.7 Å².